The summed E-state index contributed by atoms with van der Waals surface area (Å²) >= 11 is 3.79. The lowest BCUT2D eigenvalue weighted by atomic mass is 10.0. The van der Waals surface area contributed by atoms with Gasteiger partial charge in [-0.1, -0.05) is 19.1 Å². The van der Waals surface area contributed by atoms with E-state index in [0.29, 0.717) is 11.3 Å². The average Bonchev–Trinajstić information content (AvgIpc) is 2.86. The van der Waals surface area contributed by atoms with Crippen molar-refractivity contribution in [3.8, 4) is 0 Å². The second-order valence-electron chi connectivity index (χ2n) is 5.32. The number of benzene rings is 1. The standard InChI is InChI=1S/C16H18FNS2/c1-10-8-15(14-6-7-19-16(14)20-10)18-11(2)12-4-3-5-13(17)9-12/h3-7,9-11,15,18H,8H2,1-2H3/t10-,11+,15?/m0/s1. The number of fused-ring (bicyclic) bond motifs is 1. The molecule has 4 heteroatoms. The molecule has 0 aliphatic carbocycles. The zero-order chi connectivity index (χ0) is 14.1. The number of thioether (sulfide) groups is 1. The van der Waals surface area contributed by atoms with Crippen molar-refractivity contribution in [2.24, 2.45) is 0 Å². The van der Waals surface area contributed by atoms with Gasteiger partial charge in [-0.15, -0.1) is 23.1 Å². The summed E-state index contributed by atoms with van der Waals surface area (Å²) < 4.78 is 14.8. The molecule has 0 fully saturated rings. The number of hydrogen-bond donors (Lipinski definition) is 1. The lowest BCUT2D eigenvalue weighted by Gasteiger charge is -2.30. The monoisotopic (exact) mass is 307 g/mol. The van der Waals surface area contributed by atoms with Crippen molar-refractivity contribution in [3.05, 3.63) is 52.7 Å². The van der Waals surface area contributed by atoms with Gasteiger partial charge in [0.25, 0.3) is 0 Å². The molecule has 3 atom stereocenters. The lowest BCUT2D eigenvalue weighted by Crippen LogP contribution is -2.28. The van der Waals surface area contributed by atoms with Crippen LogP contribution in [0.5, 0.6) is 0 Å². The van der Waals surface area contributed by atoms with Crippen LogP contribution in [0.3, 0.4) is 0 Å². The predicted octanol–water partition coefficient (Wildman–Crippen LogP) is 5.16. The Labute approximate surface area is 127 Å². The number of halogens is 1. The highest BCUT2D eigenvalue weighted by Crippen LogP contribution is 2.44. The van der Waals surface area contributed by atoms with E-state index in [1.54, 1.807) is 12.1 Å². The van der Waals surface area contributed by atoms with Crippen LogP contribution in [-0.2, 0) is 0 Å². The lowest BCUT2D eigenvalue weighted by molar-refractivity contribution is 0.434. The van der Waals surface area contributed by atoms with E-state index in [2.05, 4.69) is 30.6 Å². The Hall–Kier alpha value is -0.840. The van der Waals surface area contributed by atoms with Crippen molar-refractivity contribution in [2.75, 3.05) is 0 Å². The molecule has 0 saturated carbocycles. The van der Waals surface area contributed by atoms with Crippen LogP contribution >= 0.6 is 23.1 Å². The summed E-state index contributed by atoms with van der Waals surface area (Å²) in [5.74, 6) is -0.167. The Bertz CT molecular complexity index is 596. The number of rotatable bonds is 3. The molecule has 1 aromatic carbocycles. The van der Waals surface area contributed by atoms with Crippen LogP contribution in [0.4, 0.5) is 4.39 Å². The molecule has 0 bridgehead atoms. The van der Waals surface area contributed by atoms with E-state index < -0.39 is 0 Å². The first-order valence-corrected chi connectivity index (χ1v) is 8.65. The van der Waals surface area contributed by atoms with Crippen molar-refractivity contribution >= 4 is 23.1 Å². The molecule has 0 spiro atoms. The van der Waals surface area contributed by atoms with Crippen LogP contribution in [0.25, 0.3) is 0 Å². The summed E-state index contributed by atoms with van der Waals surface area (Å²) in [7, 11) is 0. The fourth-order valence-corrected chi connectivity index (χ4v) is 5.25. The zero-order valence-electron chi connectivity index (χ0n) is 11.6. The molecule has 1 aromatic heterocycles. The highest BCUT2D eigenvalue weighted by Gasteiger charge is 2.27. The van der Waals surface area contributed by atoms with Crippen LogP contribution < -0.4 is 5.32 Å². The van der Waals surface area contributed by atoms with Gasteiger partial charge in [-0.2, -0.15) is 0 Å². The Morgan fingerprint density at radius 3 is 3.00 bits per heavy atom. The van der Waals surface area contributed by atoms with Crippen LogP contribution in [0.1, 0.15) is 43.5 Å². The van der Waals surface area contributed by atoms with Gasteiger partial charge in [-0.3, -0.25) is 0 Å². The van der Waals surface area contributed by atoms with E-state index in [0.717, 1.165) is 12.0 Å². The first-order chi connectivity index (χ1) is 9.63. The Balaban J connectivity index is 1.78. The van der Waals surface area contributed by atoms with Gasteiger partial charge >= 0.3 is 0 Å². The minimum atomic E-state index is -0.167. The van der Waals surface area contributed by atoms with E-state index >= 15 is 0 Å². The van der Waals surface area contributed by atoms with Gasteiger partial charge in [0.05, 0.1) is 4.21 Å². The largest absolute Gasteiger partial charge is 0.303 e. The van der Waals surface area contributed by atoms with Gasteiger partial charge in [-0.25, -0.2) is 4.39 Å². The molecular formula is C16H18FNS2. The summed E-state index contributed by atoms with van der Waals surface area (Å²) in [4.78, 5) is 0. The van der Waals surface area contributed by atoms with Crippen molar-refractivity contribution in [3.63, 3.8) is 0 Å². The minimum Gasteiger partial charge on any atom is -0.303 e. The number of thiophene rings is 1. The number of nitrogens with one attached hydrogen (secondary N) is 1. The van der Waals surface area contributed by atoms with E-state index in [1.807, 2.05) is 29.2 Å². The third-order valence-corrected chi connectivity index (χ3v) is 6.05. The SMILES string of the molecule is C[C@H]1CC(N[C@H](C)c2cccc(F)c2)c2ccsc2S1. The van der Waals surface area contributed by atoms with Crippen LogP contribution in [0, 0.1) is 5.82 Å². The Morgan fingerprint density at radius 1 is 1.35 bits per heavy atom. The highest BCUT2D eigenvalue weighted by atomic mass is 32.2. The predicted molar refractivity (Wildman–Crippen MR) is 84.9 cm³/mol. The molecule has 1 aliphatic rings. The molecule has 3 rings (SSSR count). The molecule has 2 aromatic rings. The second kappa shape index (κ2) is 5.88. The zero-order valence-corrected chi connectivity index (χ0v) is 13.2. The molecular weight excluding hydrogens is 289 g/mol. The molecule has 20 heavy (non-hydrogen) atoms. The smallest absolute Gasteiger partial charge is 0.123 e. The van der Waals surface area contributed by atoms with Gasteiger partial charge in [-0.05, 0) is 48.1 Å². The first kappa shape index (κ1) is 14.1. The molecule has 1 N–H and O–H groups in total. The highest BCUT2D eigenvalue weighted by molar-refractivity contribution is 8.01. The maximum atomic E-state index is 13.3. The summed E-state index contributed by atoms with van der Waals surface area (Å²) in [5, 5.41) is 6.45. The van der Waals surface area contributed by atoms with Crippen LogP contribution in [0.15, 0.2) is 39.9 Å². The van der Waals surface area contributed by atoms with Gasteiger partial charge in [0.15, 0.2) is 0 Å². The minimum absolute atomic E-state index is 0.152. The molecule has 2 heterocycles. The van der Waals surface area contributed by atoms with Crippen LogP contribution in [-0.4, -0.2) is 5.25 Å². The Kier molecular flexibility index (Phi) is 4.15. The molecule has 1 nitrogen and oxygen atoms in total. The number of hydrogen-bond acceptors (Lipinski definition) is 3. The maximum absolute atomic E-state index is 13.3. The van der Waals surface area contributed by atoms with Crippen molar-refractivity contribution < 1.29 is 4.39 Å². The first-order valence-electron chi connectivity index (χ1n) is 6.89. The van der Waals surface area contributed by atoms with E-state index in [9.17, 15) is 4.39 Å². The fraction of sp³-hybridized carbons (Fsp3) is 0.375. The molecule has 0 amide bonds. The summed E-state index contributed by atoms with van der Waals surface area (Å²) in [5.41, 5.74) is 2.41. The van der Waals surface area contributed by atoms with Gasteiger partial charge in [0, 0.05) is 17.3 Å². The molecule has 0 radical (unpaired) electrons. The molecule has 106 valence electrons. The Morgan fingerprint density at radius 2 is 2.20 bits per heavy atom. The van der Waals surface area contributed by atoms with Crippen LogP contribution in [0.2, 0.25) is 0 Å². The van der Waals surface area contributed by atoms with Gasteiger partial charge < -0.3 is 5.32 Å². The second-order valence-corrected chi connectivity index (χ2v) is 7.95. The normalized spacial score (nSPS) is 23.4. The van der Waals surface area contributed by atoms with Gasteiger partial charge in [0.2, 0.25) is 0 Å². The fourth-order valence-electron chi connectivity index (χ4n) is 2.68. The topological polar surface area (TPSA) is 12.0 Å². The van der Waals surface area contributed by atoms with E-state index in [-0.39, 0.29) is 11.9 Å². The average molecular weight is 307 g/mol. The quantitative estimate of drug-likeness (QED) is 0.840. The van der Waals surface area contributed by atoms with Crippen molar-refractivity contribution in [1.82, 2.24) is 5.32 Å². The summed E-state index contributed by atoms with van der Waals surface area (Å²) in [6, 6.07) is 9.60. The summed E-state index contributed by atoms with van der Waals surface area (Å²) in [6.07, 6.45) is 1.12. The van der Waals surface area contributed by atoms with E-state index in [1.165, 1.54) is 15.8 Å². The summed E-state index contributed by atoms with van der Waals surface area (Å²) in [6.45, 7) is 4.38. The molecule has 1 unspecified atom stereocenters. The van der Waals surface area contributed by atoms with Crippen molar-refractivity contribution in [2.45, 2.75) is 41.8 Å². The van der Waals surface area contributed by atoms with Gasteiger partial charge in [0.1, 0.15) is 5.82 Å². The maximum Gasteiger partial charge on any atom is 0.123 e. The third kappa shape index (κ3) is 2.92. The molecule has 1 aliphatic heterocycles. The van der Waals surface area contributed by atoms with E-state index in [4.69, 9.17) is 0 Å². The van der Waals surface area contributed by atoms with Crippen molar-refractivity contribution in [1.29, 1.82) is 0 Å². The third-order valence-electron chi connectivity index (χ3n) is 3.71. The molecule has 0 saturated heterocycles.